The van der Waals surface area contributed by atoms with Crippen LogP contribution >= 0.6 is 0 Å². The standard InChI is InChI=1S/C10H11N3O4/c11-13-12-8-3-1-7(2-4-8)10(16)17-6-9(15)5-14/h1-4,9,14-15H,5-6H2. The number of aliphatic hydroxyl groups excluding tert-OH is 2. The Morgan fingerprint density at radius 2 is 2.12 bits per heavy atom. The number of esters is 1. The minimum atomic E-state index is -1.08. The number of carbonyl (C=O) groups excluding carboxylic acids is 1. The van der Waals surface area contributed by atoms with Gasteiger partial charge in [-0.1, -0.05) is 17.2 Å². The summed E-state index contributed by atoms with van der Waals surface area (Å²) in [6.07, 6.45) is -1.08. The second-order valence-corrected chi connectivity index (χ2v) is 3.17. The first kappa shape index (κ1) is 13.0. The molecule has 0 aromatic heterocycles. The van der Waals surface area contributed by atoms with E-state index in [2.05, 4.69) is 10.0 Å². The number of hydrogen-bond donors (Lipinski definition) is 2. The number of hydrogen-bond acceptors (Lipinski definition) is 5. The summed E-state index contributed by atoms with van der Waals surface area (Å²) in [5.41, 5.74) is 8.84. The van der Waals surface area contributed by atoms with Gasteiger partial charge in [0.15, 0.2) is 0 Å². The predicted molar refractivity (Wildman–Crippen MR) is 58.6 cm³/mol. The quantitative estimate of drug-likeness (QED) is 0.345. The number of rotatable bonds is 5. The summed E-state index contributed by atoms with van der Waals surface area (Å²) in [6.45, 7) is -0.740. The van der Waals surface area contributed by atoms with Crippen LogP contribution in [0.1, 0.15) is 10.4 Å². The van der Waals surface area contributed by atoms with E-state index in [1.807, 2.05) is 0 Å². The molecular weight excluding hydrogens is 226 g/mol. The summed E-state index contributed by atoms with van der Waals surface area (Å²) >= 11 is 0. The molecular formula is C10H11N3O4. The van der Waals surface area contributed by atoms with E-state index >= 15 is 0 Å². The van der Waals surface area contributed by atoms with E-state index in [1.165, 1.54) is 24.3 Å². The maximum absolute atomic E-state index is 11.4. The molecule has 0 amide bonds. The van der Waals surface area contributed by atoms with Crippen molar-refractivity contribution in [3.63, 3.8) is 0 Å². The maximum Gasteiger partial charge on any atom is 0.338 e. The van der Waals surface area contributed by atoms with Crippen LogP contribution in [0.3, 0.4) is 0 Å². The maximum atomic E-state index is 11.4. The highest BCUT2D eigenvalue weighted by molar-refractivity contribution is 5.89. The Kier molecular flexibility index (Phi) is 4.96. The largest absolute Gasteiger partial charge is 0.459 e. The van der Waals surface area contributed by atoms with Crippen molar-refractivity contribution in [2.24, 2.45) is 5.11 Å². The molecule has 0 aliphatic rings. The third-order valence-electron chi connectivity index (χ3n) is 1.88. The van der Waals surface area contributed by atoms with Gasteiger partial charge in [0.05, 0.1) is 12.2 Å². The number of ether oxygens (including phenoxy) is 1. The lowest BCUT2D eigenvalue weighted by Gasteiger charge is -2.08. The zero-order valence-corrected chi connectivity index (χ0v) is 8.85. The molecule has 90 valence electrons. The number of aliphatic hydroxyl groups is 2. The molecule has 1 rings (SSSR count). The van der Waals surface area contributed by atoms with Crippen LogP contribution in [0, 0.1) is 0 Å². The van der Waals surface area contributed by atoms with Crippen molar-refractivity contribution in [2.45, 2.75) is 6.10 Å². The van der Waals surface area contributed by atoms with Crippen molar-refractivity contribution in [2.75, 3.05) is 13.2 Å². The Bertz CT molecular complexity index is 426. The Labute approximate surface area is 96.9 Å². The van der Waals surface area contributed by atoms with Gasteiger partial charge in [-0.05, 0) is 17.7 Å². The van der Waals surface area contributed by atoms with Crippen LogP contribution in [-0.4, -0.2) is 35.5 Å². The molecule has 0 saturated carbocycles. The Morgan fingerprint density at radius 3 is 2.65 bits per heavy atom. The zero-order chi connectivity index (χ0) is 12.7. The van der Waals surface area contributed by atoms with Crippen LogP contribution in [0.4, 0.5) is 5.69 Å². The lowest BCUT2D eigenvalue weighted by atomic mass is 10.2. The molecule has 0 saturated heterocycles. The van der Waals surface area contributed by atoms with Crippen molar-refractivity contribution < 1.29 is 19.7 Å². The highest BCUT2D eigenvalue weighted by Crippen LogP contribution is 2.13. The normalized spacial score (nSPS) is 11.4. The molecule has 0 bridgehead atoms. The SMILES string of the molecule is [N-]=[N+]=Nc1ccc(C(=O)OCC(O)CO)cc1. The van der Waals surface area contributed by atoms with Gasteiger partial charge in [0.25, 0.3) is 0 Å². The lowest BCUT2D eigenvalue weighted by Crippen LogP contribution is -2.21. The van der Waals surface area contributed by atoms with Crippen LogP contribution in [0.5, 0.6) is 0 Å². The van der Waals surface area contributed by atoms with E-state index in [4.69, 9.17) is 20.5 Å². The highest BCUT2D eigenvalue weighted by Gasteiger charge is 2.09. The summed E-state index contributed by atoms with van der Waals surface area (Å²) in [7, 11) is 0. The van der Waals surface area contributed by atoms with Gasteiger partial charge in [0.2, 0.25) is 0 Å². The number of nitrogens with zero attached hydrogens (tertiary/aromatic N) is 3. The molecule has 7 heteroatoms. The first-order valence-corrected chi connectivity index (χ1v) is 4.78. The van der Waals surface area contributed by atoms with Gasteiger partial charge in [-0.2, -0.15) is 0 Å². The van der Waals surface area contributed by atoms with Crippen molar-refractivity contribution in [3.05, 3.63) is 40.3 Å². The fourth-order valence-electron chi connectivity index (χ4n) is 1.02. The second kappa shape index (κ2) is 6.49. The minimum absolute atomic E-state index is 0.270. The molecule has 1 aromatic rings. The van der Waals surface area contributed by atoms with E-state index < -0.39 is 18.7 Å². The van der Waals surface area contributed by atoms with Gasteiger partial charge in [-0.15, -0.1) is 0 Å². The first-order valence-electron chi connectivity index (χ1n) is 4.78. The molecule has 1 unspecified atom stereocenters. The molecule has 0 fully saturated rings. The molecule has 17 heavy (non-hydrogen) atoms. The van der Waals surface area contributed by atoms with Gasteiger partial charge >= 0.3 is 5.97 Å². The number of benzene rings is 1. The third kappa shape index (κ3) is 4.12. The first-order chi connectivity index (χ1) is 8.17. The lowest BCUT2D eigenvalue weighted by molar-refractivity contribution is 0.00933. The zero-order valence-electron chi connectivity index (χ0n) is 8.85. The van der Waals surface area contributed by atoms with E-state index in [1.54, 1.807) is 0 Å². The third-order valence-corrected chi connectivity index (χ3v) is 1.88. The summed E-state index contributed by atoms with van der Waals surface area (Å²) in [5.74, 6) is -0.620. The second-order valence-electron chi connectivity index (χ2n) is 3.17. The number of carbonyl (C=O) groups is 1. The predicted octanol–water partition coefficient (Wildman–Crippen LogP) is 1.14. The molecule has 1 aromatic carbocycles. The summed E-state index contributed by atoms with van der Waals surface area (Å²) < 4.78 is 4.73. The summed E-state index contributed by atoms with van der Waals surface area (Å²) in [6, 6.07) is 5.83. The van der Waals surface area contributed by atoms with E-state index in [-0.39, 0.29) is 12.2 Å². The highest BCUT2D eigenvalue weighted by atomic mass is 16.5. The van der Waals surface area contributed by atoms with Crippen molar-refractivity contribution in [1.82, 2.24) is 0 Å². The molecule has 0 heterocycles. The fraction of sp³-hybridized carbons (Fsp3) is 0.300. The molecule has 2 N–H and O–H groups in total. The Morgan fingerprint density at radius 1 is 1.47 bits per heavy atom. The van der Waals surface area contributed by atoms with Crippen LogP contribution in [-0.2, 0) is 4.74 Å². The average molecular weight is 237 g/mol. The monoisotopic (exact) mass is 237 g/mol. The summed E-state index contributed by atoms with van der Waals surface area (Å²) in [4.78, 5) is 14.0. The fourth-order valence-corrected chi connectivity index (χ4v) is 1.02. The summed E-state index contributed by atoms with van der Waals surface area (Å²) in [5, 5.41) is 20.9. The van der Waals surface area contributed by atoms with E-state index in [0.29, 0.717) is 5.69 Å². The van der Waals surface area contributed by atoms with Crippen molar-refractivity contribution >= 4 is 11.7 Å². The van der Waals surface area contributed by atoms with Gasteiger partial charge in [-0.25, -0.2) is 4.79 Å². The topological polar surface area (TPSA) is 116 Å². The van der Waals surface area contributed by atoms with Gasteiger partial charge < -0.3 is 14.9 Å². The van der Waals surface area contributed by atoms with Gasteiger partial charge in [0.1, 0.15) is 12.7 Å². The molecule has 0 aliphatic carbocycles. The van der Waals surface area contributed by atoms with E-state index in [0.717, 1.165) is 0 Å². The molecule has 0 aliphatic heterocycles. The average Bonchev–Trinajstić information content (AvgIpc) is 2.36. The van der Waals surface area contributed by atoms with E-state index in [9.17, 15) is 4.79 Å². The minimum Gasteiger partial charge on any atom is -0.459 e. The van der Waals surface area contributed by atoms with Crippen LogP contribution in [0.2, 0.25) is 0 Å². The van der Waals surface area contributed by atoms with Crippen molar-refractivity contribution in [1.29, 1.82) is 0 Å². The van der Waals surface area contributed by atoms with Crippen molar-refractivity contribution in [3.8, 4) is 0 Å². The van der Waals surface area contributed by atoms with Gasteiger partial charge in [-0.3, -0.25) is 0 Å². The molecule has 0 spiro atoms. The number of azide groups is 1. The smallest absolute Gasteiger partial charge is 0.338 e. The van der Waals surface area contributed by atoms with Gasteiger partial charge in [0, 0.05) is 10.6 Å². The molecule has 0 radical (unpaired) electrons. The molecule has 7 nitrogen and oxygen atoms in total. The Balaban J connectivity index is 2.60. The van der Waals surface area contributed by atoms with Crippen LogP contribution in [0.15, 0.2) is 29.4 Å². The Hall–Kier alpha value is -2.08. The van der Waals surface area contributed by atoms with Crippen LogP contribution < -0.4 is 0 Å². The molecule has 1 atom stereocenters. The van der Waals surface area contributed by atoms with Crippen LogP contribution in [0.25, 0.3) is 10.4 Å².